The second-order valence-corrected chi connectivity index (χ2v) is 6.69. The Morgan fingerprint density at radius 3 is 2.95 bits per heavy atom. The minimum atomic E-state index is -1.14. The van der Waals surface area contributed by atoms with Gasteiger partial charge in [-0.2, -0.15) is 0 Å². The lowest BCUT2D eigenvalue weighted by atomic mass is 10.1. The predicted molar refractivity (Wildman–Crippen MR) is 76.0 cm³/mol. The molecule has 20 heavy (non-hydrogen) atoms. The van der Waals surface area contributed by atoms with Gasteiger partial charge in [0.2, 0.25) is 5.72 Å². The van der Waals surface area contributed by atoms with Crippen LogP contribution in [0.2, 0.25) is 5.15 Å². The van der Waals surface area contributed by atoms with Gasteiger partial charge < -0.3 is 4.74 Å². The summed E-state index contributed by atoms with van der Waals surface area (Å²) in [4.78, 5) is 29.3. The first-order chi connectivity index (χ1) is 9.49. The zero-order chi connectivity index (χ0) is 14.5. The molecule has 1 amide bonds. The first-order valence-electron chi connectivity index (χ1n) is 6.04. The maximum absolute atomic E-state index is 12.1. The van der Waals surface area contributed by atoms with E-state index in [9.17, 15) is 9.59 Å². The fourth-order valence-corrected chi connectivity index (χ4v) is 4.25. The van der Waals surface area contributed by atoms with Crippen molar-refractivity contribution in [1.82, 2.24) is 4.98 Å². The van der Waals surface area contributed by atoms with Crippen LogP contribution in [0.3, 0.4) is 0 Å². The van der Waals surface area contributed by atoms with Gasteiger partial charge in [-0.3, -0.25) is 9.69 Å². The lowest BCUT2D eigenvalue weighted by Gasteiger charge is -2.42. The van der Waals surface area contributed by atoms with E-state index in [2.05, 4.69) is 4.98 Å². The standard InChI is InChI=1S/C12H10Cl2N2O3S/c1-2-5-12-11(14)20-8-6(3-4-7(13)15-8)16(12)9(17)10(18)19-12/h3-4,11H,2,5H2,1H3/t11-,12+/m1/s1. The fraction of sp³-hybridized carbons (Fsp3) is 0.417. The van der Waals surface area contributed by atoms with Crippen molar-refractivity contribution in [2.75, 3.05) is 4.90 Å². The summed E-state index contributed by atoms with van der Waals surface area (Å²) in [6.45, 7) is 1.94. The van der Waals surface area contributed by atoms with Crippen molar-refractivity contribution in [1.29, 1.82) is 0 Å². The Hall–Kier alpha value is -0.980. The van der Waals surface area contributed by atoms with Crippen LogP contribution in [0.5, 0.6) is 0 Å². The van der Waals surface area contributed by atoms with Crippen molar-refractivity contribution >= 4 is 52.5 Å². The SMILES string of the molecule is CCC[C@@]12OC(=O)C(=O)N1c1ccc(Cl)nc1S[C@H]2Cl. The van der Waals surface area contributed by atoms with Crippen molar-refractivity contribution in [2.24, 2.45) is 0 Å². The number of pyridine rings is 1. The van der Waals surface area contributed by atoms with Gasteiger partial charge in [-0.05, 0) is 12.1 Å². The average Bonchev–Trinajstić information content (AvgIpc) is 2.64. The number of ether oxygens (including phenoxy) is 1. The number of anilines is 1. The van der Waals surface area contributed by atoms with Gasteiger partial charge in [0.15, 0.2) is 0 Å². The summed E-state index contributed by atoms with van der Waals surface area (Å²) in [5.41, 5.74) is -0.627. The van der Waals surface area contributed by atoms with E-state index < -0.39 is 22.3 Å². The molecule has 1 saturated heterocycles. The van der Waals surface area contributed by atoms with Crippen LogP contribution >= 0.6 is 35.0 Å². The molecule has 1 fully saturated rings. The highest BCUT2D eigenvalue weighted by atomic mass is 35.5. The normalized spacial score (nSPS) is 28.1. The Morgan fingerprint density at radius 2 is 2.25 bits per heavy atom. The van der Waals surface area contributed by atoms with Gasteiger partial charge in [0, 0.05) is 6.42 Å². The highest BCUT2D eigenvalue weighted by Gasteiger charge is 2.60. The van der Waals surface area contributed by atoms with Crippen LogP contribution in [0, 0.1) is 0 Å². The van der Waals surface area contributed by atoms with Gasteiger partial charge in [0.05, 0.1) is 5.69 Å². The molecule has 0 aliphatic carbocycles. The number of carbonyl (C=O) groups excluding carboxylic acids is 2. The molecule has 1 aromatic heterocycles. The van der Waals surface area contributed by atoms with Gasteiger partial charge in [-0.1, -0.05) is 36.7 Å². The number of amides is 1. The van der Waals surface area contributed by atoms with Gasteiger partial charge in [0.1, 0.15) is 14.9 Å². The number of esters is 1. The van der Waals surface area contributed by atoms with Crippen molar-refractivity contribution in [2.45, 2.75) is 35.2 Å². The van der Waals surface area contributed by atoms with Crippen LogP contribution < -0.4 is 4.90 Å². The number of hydrogen-bond donors (Lipinski definition) is 0. The van der Waals surface area contributed by atoms with E-state index in [0.29, 0.717) is 22.3 Å². The zero-order valence-corrected chi connectivity index (χ0v) is 12.8. The Labute approximate surface area is 129 Å². The summed E-state index contributed by atoms with van der Waals surface area (Å²) >= 11 is 13.5. The molecule has 0 aromatic carbocycles. The van der Waals surface area contributed by atoms with Crippen LogP contribution in [0.15, 0.2) is 17.2 Å². The Morgan fingerprint density at radius 1 is 1.50 bits per heavy atom. The monoisotopic (exact) mass is 332 g/mol. The summed E-state index contributed by atoms with van der Waals surface area (Å²) in [6.07, 6.45) is 1.19. The second kappa shape index (κ2) is 4.79. The van der Waals surface area contributed by atoms with Crippen LogP contribution in [0.25, 0.3) is 0 Å². The number of thioether (sulfide) groups is 1. The minimum absolute atomic E-state index is 0.307. The topological polar surface area (TPSA) is 59.5 Å². The third-order valence-corrected chi connectivity index (χ3v) is 5.17. The van der Waals surface area contributed by atoms with Crippen LogP contribution in [0.1, 0.15) is 19.8 Å². The van der Waals surface area contributed by atoms with E-state index in [1.54, 1.807) is 12.1 Å². The summed E-state index contributed by atoms with van der Waals surface area (Å²) in [5.74, 6) is -1.60. The maximum Gasteiger partial charge on any atom is 0.399 e. The van der Waals surface area contributed by atoms with E-state index >= 15 is 0 Å². The van der Waals surface area contributed by atoms with Crippen molar-refractivity contribution in [3.8, 4) is 0 Å². The molecule has 0 unspecified atom stereocenters. The van der Waals surface area contributed by atoms with Crippen LogP contribution in [-0.4, -0.2) is 27.3 Å². The molecular weight excluding hydrogens is 323 g/mol. The quantitative estimate of drug-likeness (QED) is 0.360. The number of carbonyl (C=O) groups is 2. The second-order valence-electron chi connectivity index (χ2n) is 4.52. The lowest BCUT2D eigenvalue weighted by Crippen LogP contribution is -2.54. The first-order valence-corrected chi connectivity index (χ1v) is 7.74. The first kappa shape index (κ1) is 14.0. The number of hydrogen-bond acceptors (Lipinski definition) is 5. The van der Waals surface area contributed by atoms with E-state index in [1.165, 1.54) is 16.7 Å². The Bertz CT molecular complexity index is 612. The lowest BCUT2D eigenvalue weighted by molar-refractivity contribution is -0.153. The van der Waals surface area contributed by atoms with Gasteiger partial charge in [0.25, 0.3) is 0 Å². The molecule has 8 heteroatoms. The summed E-state index contributed by atoms with van der Waals surface area (Å²) in [6, 6.07) is 3.23. The van der Waals surface area contributed by atoms with E-state index in [0.717, 1.165) is 6.42 Å². The third-order valence-electron chi connectivity index (χ3n) is 3.25. The molecule has 5 nitrogen and oxygen atoms in total. The van der Waals surface area contributed by atoms with Gasteiger partial charge in [-0.15, -0.1) is 11.6 Å². The number of fused-ring (bicyclic) bond motifs is 3. The average molecular weight is 333 g/mol. The van der Waals surface area contributed by atoms with E-state index in [1.807, 2.05) is 6.92 Å². The largest absolute Gasteiger partial charge is 0.429 e. The fourth-order valence-electron chi connectivity index (χ4n) is 2.47. The van der Waals surface area contributed by atoms with Crippen molar-refractivity contribution < 1.29 is 14.3 Å². The number of nitrogens with zero attached hydrogens (tertiary/aromatic N) is 2. The van der Waals surface area contributed by atoms with E-state index in [4.69, 9.17) is 27.9 Å². The number of halogens is 2. The number of alkyl halides is 1. The molecule has 0 spiro atoms. The maximum atomic E-state index is 12.1. The number of aromatic nitrogens is 1. The molecule has 106 valence electrons. The highest BCUT2D eigenvalue weighted by molar-refractivity contribution is 8.01. The molecule has 1 aromatic rings. The molecule has 3 heterocycles. The van der Waals surface area contributed by atoms with Gasteiger partial charge in [-0.25, -0.2) is 9.78 Å². The zero-order valence-electron chi connectivity index (χ0n) is 10.4. The van der Waals surface area contributed by atoms with Crippen molar-refractivity contribution in [3.63, 3.8) is 0 Å². The molecule has 3 rings (SSSR count). The number of rotatable bonds is 2. The van der Waals surface area contributed by atoms with Crippen LogP contribution in [0.4, 0.5) is 5.69 Å². The molecule has 0 bridgehead atoms. The predicted octanol–water partition coefficient (Wildman–Crippen LogP) is 2.79. The Kier molecular flexibility index (Phi) is 3.35. The molecular formula is C12H10Cl2N2O3S. The van der Waals surface area contributed by atoms with Gasteiger partial charge >= 0.3 is 11.9 Å². The Balaban J connectivity index is 2.18. The summed E-state index contributed by atoms with van der Waals surface area (Å²) < 4.78 is 4.70. The molecule has 2 atom stereocenters. The smallest absolute Gasteiger partial charge is 0.399 e. The van der Waals surface area contributed by atoms with E-state index in [-0.39, 0.29) is 0 Å². The molecule has 0 saturated carbocycles. The molecule has 2 aliphatic heterocycles. The summed E-state index contributed by atoms with van der Waals surface area (Å²) in [5, 5.41) is 0.831. The molecule has 0 N–H and O–H groups in total. The van der Waals surface area contributed by atoms with Crippen molar-refractivity contribution in [3.05, 3.63) is 17.3 Å². The van der Waals surface area contributed by atoms with Crippen LogP contribution in [-0.2, 0) is 14.3 Å². The molecule has 2 aliphatic rings. The molecule has 0 radical (unpaired) electrons. The minimum Gasteiger partial charge on any atom is -0.429 e. The highest BCUT2D eigenvalue weighted by Crippen LogP contribution is 2.52. The summed E-state index contributed by atoms with van der Waals surface area (Å²) in [7, 11) is 0. The third kappa shape index (κ3) is 1.82.